The van der Waals surface area contributed by atoms with E-state index in [-0.39, 0.29) is 36.8 Å². The number of nitrogens with zero attached hydrogens (tertiary/aromatic N) is 3. The summed E-state index contributed by atoms with van der Waals surface area (Å²) in [6, 6.07) is 16.3. The highest BCUT2D eigenvalue weighted by atomic mass is 16.5. The molecule has 9 nitrogen and oxygen atoms in total. The molecule has 5 rings (SSSR count). The van der Waals surface area contributed by atoms with Crippen LogP contribution in [-0.2, 0) is 18.3 Å². The molecule has 2 aromatic heterocycles. The number of rotatable bonds is 6. The molecule has 0 radical (unpaired) electrons. The van der Waals surface area contributed by atoms with Crippen LogP contribution in [0.3, 0.4) is 0 Å². The first-order valence-electron chi connectivity index (χ1n) is 11.8. The lowest BCUT2D eigenvalue weighted by atomic mass is 9.98. The molecule has 1 aliphatic rings. The number of nitrogens with one attached hydrogen (secondary N) is 2. The number of hydrogen-bond donors (Lipinski definition) is 2. The van der Waals surface area contributed by atoms with Crippen molar-refractivity contribution in [2.45, 2.75) is 19.4 Å². The van der Waals surface area contributed by atoms with Crippen molar-refractivity contribution in [3.8, 4) is 23.0 Å². The van der Waals surface area contributed by atoms with Crippen molar-refractivity contribution in [3.63, 3.8) is 0 Å². The van der Waals surface area contributed by atoms with E-state index in [1.165, 1.54) is 22.7 Å². The Hall–Kier alpha value is -4.84. The summed E-state index contributed by atoms with van der Waals surface area (Å²) in [6.45, 7) is 2.35. The van der Waals surface area contributed by atoms with Gasteiger partial charge in [-0.05, 0) is 35.3 Å². The first-order chi connectivity index (χ1) is 18.0. The van der Waals surface area contributed by atoms with E-state index in [4.69, 9.17) is 4.74 Å². The van der Waals surface area contributed by atoms with Crippen molar-refractivity contribution in [3.05, 3.63) is 92.4 Å². The quantitative estimate of drug-likeness (QED) is 0.400. The number of fused-ring (bicyclic) bond motifs is 4. The molecular formula is C28H25N5O4. The number of carbonyl (C=O) groups is 1. The van der Waals surface area contributed by atoms with Gasteiger partial charge in [0.1, 0.15) is 12.4 Å². The minimum atomic E-state index is -0.545. The van der Waals surface area contributed by atoms with Crippen LogP contribution in [0.5, 0.6) is 0 Å². The lowest BCUT2D eigenvalue weighted by molar-refractivity contribution is 0.144. The van der Waals surface area contributed by atoms with Crippen LogP contribution in [0, 0.1) is 11.8 Å². The maximum absolute atomic E-state index is 12.4. The number of hydrogen-bond acceptors (Lipinski definition) is 5. The summed E-state index contributed by atoms with van der Waals surface area (Å²) in [5, 5.41) is 2.72. The van der Waals surface area contributed by atoms with Crippen LogP contribution in [0.2, 0.25) is 0 Å². The number of carbonyl (C=O) groups excluding carboxylic acids is 1. The van der Waals surface area contributed by atoms with E-state index in [2.05, 4.69) is 51.4 Å². The highest BCUT2D eigenvalue weighted by Crippen LogP contribution is 2.44. The molecule has 0 saturated heterocycles. The third-order valence-electron chi connectivity index (χ3n) is 6.43. The van der Waals surface area contributed by atoms with Gasteiger partial charge in [0.05, 0.1) is 6.54 Å². The van der Waals surface area contributed by atoms with E-state index in [1.807, 2.05) is 24.3 Å². The van der Waals surface area contributed by atoms with Crippen molar-refractivity contribution < 1.29 is 9.53 Å². The molecule has 0 fully saturated rings. The average molecular weight is 496 g/mol. The number of H-pyrrole nitrogens is 1. The van der Waals surface area contributed by atoms with Gasteiger partial charge >= 0.3 is 11.8 Å². The lowest BCUT2D eigenvalue weighted by Crippen LogP contribution is -2.29. The van der Waals surface area contributed by atoms with Gasteiger partial charge in [-0.3, -0.25) is 14.3 Å². The number of amides is 1. The van der Waals surface area contributed by atoms with Crippen molar-refractivity contribution in [1.29, 1.82) is 0 Å². The van der Waals surface area contributed by atoms with E-state index in [9.17, 15) is 14.4 Å². The van der Waals surface area contributed by atoms with Crippen LogP contribution in [0.4, 0.5) is 4.79 Å². The topological polar surface area (TPSA) is 111 Å². The molecule has 1 amide bonds. The minimum Gasteiger partial charge on any atom is -0.449 e. The molecule has 0 bridgehead atoms. The normalized spacial score (nSPS) is 12.3. The molecule has 2 heterocycles. The van der Waals surface area contributed by atoms with E-state index >= 15 is 0 Å². The maximum Gasteiger partial charge on any atom is 0.407 e. The highest BCUT2D eigenvalue weighted by Gasteiger charge is 2.28. The molecule has 0 atom stereocenters. The van der Waals surface area contributed by atoms with Crippen molar-refractivity contribution in [2.75, 3.05) is 13.2 Å². The summed E-state index contributed by atoms with van der Waals surface area (Å²) < 4.78 is 8.46. The molecule has 9 heteroatoms. The number of benzene rings is 2. The molecule has 0 unspecified atom stereocenters. The zero-order valence-electron chi connectivity index (χ0n) is 20.4. The molecule has 1 aliphatic carbocycles. The molecule has 0 spiro atoms. The first-order valence-corrected chi connectivity index (χ1v) is 11.8. The molecular weight excluding hydrogens is 470 g/mol. The number of ether oxygens (including phenoxy) is 1. The predicted octanol–water partition coefficient (Wildman–Crippen LogP) is 3.00. The van der Waals surface area contributed by atoms with Crippen molar-refractivity contribution in [2.24, 2.45) is 7.05 Å². The Kier molecular flexibility index (Phi) is 6.47. The summed E-state index contributed by atoms with van der Waals surface area (Å²) in [5.74, 6) is 6.15. The molecule has 0 aliphatic heterocycles. The number of imidazole rings is 1. The summed E-state index contributed by atoms with van der Waals surface area (Å²) in [7, 11) is 1.54. The van der Waals surface area contributed by atoms with Crippen LogP contribution in [0.1, 0.15) is 29.8 Å². The van der Waals surface area contributed by atoms with Crippen molar-refractivity contribution >= 4 is 23.3 Å². The fourth-order valence-corrected chi connectivity index (χ4v) is 4.65. The summed E-state index contributed by atoms with van der Waals surface area (Å²) in [6.07, 6.45) is 2.84. The van der Waals surface area contributed by atoms with E-state index in [0.29, 0.717) is 5.82 Å². The summed E-state index contributed by atoms with van der Waals surface area (Å²) >= 11 is 0. The Bertz CT molecular complexity index is 1670. The van der Waals surface area contributed by atoms with Gasteiger partial charge < -0.3 is 14.6 Å². The van der Waals surface area contributed by atoms with Gasteiger partial charge in [0.2, 0.25) is 0 Å². The monoisotopic (exact) mass is 495 g/mol. The second kappa shape index (κ2) is 10.0. The van der Waals surface area contributed by atoms with Gasteiger partial charge in [0.15, 0.2) is 11.2 Å². The fraction of sp³-hybridized carbons (Fsp3) is 0.214. The zero-order chi connectivity index (χ0) is 25.9. The summed E-state index contributed by atoms with van der Waals surface area (Å²) in [5.41, 5.74) is 4.08. The molecule has 37 heavy (non-hydrogen) atoms. The van der Waals surface area contributed by atoms with Gasteiger partial charge in [-0.15, -0.1) is 5.92 Å². The molecule has 2 N–H and O–H groups in total. The van der Waals surface area contributed by atoms with Crippen LogP contribution in [-0.4, -0.2) is 38.3 Å². The third kappa shape index (κ3) is 4.45. The molecule has 0 saturated carbocycles. The SMILES string of the molecule is CC#CCn1c(C=CCNC(=O)OCC2c3ccccc3-c3ccccc32)nc2c1c(=O)[nH]c(=O)n2C. The fourth-order valence-electron chi connectivity index (χ4n) is 4.65. The number of alkyl carbamates (subject to hydrolysis) is 1. The van der Waals surface area contributed by atoms with Crippen LogP contribution in [0.15, 0.2) is 64.2 Å². The zero-order valence-corrected chi connectivity index (χ0v) is 20.4. The van der Waals surface area contributed by atoms with E-state index in [1.54, 1.807) is 23.6 Å². The largest absolute Gasteiger partial charge is 0.449 e. The Morgan fingerprint density at radius 1 is 1.14 bits per heavy atom. The van der Waals surface area contributed by atoms with E-state index < -0.39 is 17.3 Å². The Morgan fingerprint density at radius 3 is 2.49 bits per heavy atom. The molecule has 2 aromatic carbocycles. The van der Waals surface area contributed by atoms with E-state index in [0.717, 1.165) is 11.1 Å². The van der Waals surface area contributed by atoms with Crippen LogP contribution >= 0.6 is 0 Å². The standard InChI is InChI=1S/C28H25N5O4/c1-3-4-16-33-23(30-25-24(33)26(34)31-27(35)32(25)2)14-9-15-29-28(36)37-17-22-20-12-7-5-10-18(20)19-11-6-8-13-21(19)22/h5-14,22H,15-17H2,1-2H3,(H,29,36)(H,31,34,35). The average Bonchev–Trinajstić information content (AvgIpc) is 3.43. The number of aromatic nitrogens is 4. The first kappa shape index (κ1) is 23.9. The Balaban J connectivity index is 1.26. The highest BCUT2D eigenvalue weighted by molar-refractivity contribution is 5.79. The lowest BCUT2D eigenvalue weighted by Gasteiger charge is -2.14. The smallest absolute Gasteiger partial charge is 0.407 e. The van der Waals surface area contributed by atoms with Crippen LogP contribution < -0.4 is 16.6 Å². The Morgan fingerprint density at radius 2 is 1.81 bits per heavy atom. The molecule has 4 aromatic rings. The number of aromatic amines is 1. The summed E-state index contributed by atoms with van der Waals surface area (Å²) in [4.78, 5) is 43.5. The van der Waals surface area contributed by atoms with Gasteiger partial charge in [-0.1, -0.05) is 60.5 Å². The minimum absolute atomic E-state index is 0.0157. The number of aryl methyl sites for hydroxylation is 1. The second-order valence-corrected chi connectivity index (χ2v) is 8.58. The predicted molar refractivity (Wildman–Crippen MR) is 141 cm³/mol. The van der Waals surface area contributed by atoms with Gasteiger partial charge in [0, 0.05) is 19.5 Å². The molecule has 186 valence electrons. The second-order valence-electron chi connectivity index (χ2n) is 8.58. The van der Waals surface area contributed by atoms with Gasteiger partial charge in [0.25, 0.3) is 5.56 Å². The Labute approximate surface area is 212 Å². The van der Waals surface area contributed by atoms with Gasteiger partial charge in [-0.2, -0.15) is 0 Å². The van der Waals surface area contributed by atoms with Crippen molar-refractivity contribution in [1.82, 2.24) is 24.4 Å². The maximum atomic E-state index is 12.4. The van der Waals surface area contributed by atoms with Gasteiger partial charge in [-0.25, -0.2) is 14.6 Å². The van der Waals surface area contributed by atoms with Crippen LogP contribution in [0.25, 0.3) is 28.4 Å². The third-order valence-corrected chi connectivity index (χ3v) is 6.43.